The van der Waals surface area contributed by atoms with Gasteiger partial charge in [-0.2, -0.15) is 0 Å². The van der Waals surface area contributed by atoms with Gasteiger partial charge in [0, 0.05) is 54.6 Å². The molecule has 2 aromatic heterocycles. The number of imidazole rings is 2. The number of non-ortho nitro benzene ring substituents is 2. The second-order valence-corrected chi connectivity index (χ2v) is 7.81. The van der Waals surface area contributed by atoms with E-state index >= 15 is 0 Å². The Balaban J connectivity index is 0.000000187. The molecule has 1 atom stereocenters. The maximum atomic E-state index is 10.7. The molecule has 0 spiro atoms. The summed E-state index contributed by atoms with van der Waals surface area (Å²) in [6, 6.07) is 23.2. The first-order valence-electron chi connectivity index (χ1n) is 11.0. The minimum Gasteiger partial charge on any atom is -0.345 e. The van der Waals surface area contributed by atoms with E-state index in [4.69, 9.17) is 0 Å². The standard InChI is InChI=1S/C17H15N3O2.C9H7N3O2/c21-20(22)16-8-6-14(7-9-16)12-17(19-11-10-18-13-19)15-4-2-1-3-5-15;13-12(14)8-3-1-7(2-4-8)9-10-5-6-11-9/h1-11,13,17H,12H2;1-6H,(H,10,11). The van der Waals surface area contributed by atoms with Crippen LogP contribution in [0.3, 0.4) is 0 Å². The second-order valence-electron chi connectivity index (χ2n) is 7.81. The molecular formula is C26H22N6O4. The molecule has 0 radical (unpaired) electrons. The van der Waals surface area contributed by atoms with Crippen LogP contribution in [0.15, 0.2) is 110 Å². The van der Waals surface area contributed by atoms with Crippen molar-refractivity contribution in [1.82, 2.24) is 19.5 Å². The van der Waals surface area contributed by atoms with E-state index in [1.165, 1.54) is 17.7 Å². The summed E-state index contributed by atoms with van der Waals surface area (Å²) in [5, 5.41) is 21.1. The highest BCUT2D eigenvalue weighted by Gasteiger charge is 2.14. The molecule has 10 heteroatoms. The van der Waals surface area contributed by atoms with Crippen LogP contribution >= 0.6 is 0 Å². The second kappa shape index (κ2) is 11.3. The van der Waals surface area contributed by atoms with E-state index in [2.05, 4.69) is 31.7 Å². The van der Waals surface area contributed by atoms with E-state index in [1.54, 1.807) is 49.2 Å². The van der Waals surface area contributed by atoms with Gasteiger partial charge < -0.3 is 9.55 Å². The van der Waals surface area contributed by atoms with E-state index in [0.29, 0.717) is 5.82 Å². The maximum absolute atomic E-state index is 10.7. The molecule has 0 fully saturated rings. The number of aromatic amines is 1. The Morgan fingerprint density at radius 1 is 0.833 bits per heavy atom. The Morgan fingerprint density at radius 2 is 1.47 bits per heavy atom. The van der Waals surface area contributed by atoms with E-state index in [-0.39, 0.29) is 22.3 Å². The Kier molecular flexibility index (Phi) is 7.57. The van der Waals surface area contributed by atoms with Crippen molar-refractivity contribution in [2.24, 2.45) is 0 Å². The fraction of sp³-hybridized carbons (Fsp3) is 0.0769. The molecular weight excluding hydrogens is 460 g/mol. The van der Waals surface area contributed by atoms with Gasteiger partial charge >= 0.3 is 0 Å². The maximum Gasteiger partial charge on any atom is 0.269 e. The Morgan fingerprint density at radius 3 is 2.00 bits per heavy atom. The lowest BCUT2D eigenvalue weighted by atomic mass is 9.98. The molecule has 0 saturated carbocycles. The van der Waals surface area contributed by atoms with Crippen molar-refractivity contribution in [3.05, 3.63) is 141 Å². The van der Waals surface area contributed by atoms with Crippen molar-refractivity contribution >= 4 is 11.4 Å². The van der Waals surface area contributed by atoms with Crippen molar-refractivity contribution in [1.29, 1.82) is 0 Å². The molecule has 5 rings (SSSR count). The van der Waals surface area contributed by atoms with Crippen molar-refractivity contribution in [3.63, 3.8) is 0 Å². The first-order chi connectivity index (χ1) is 17.5. The van der Waals surface area contributed by atoms with Crippen LogP contribution in [-0.4, -0.2) is 29.4 Å². The van der Waals surface area contributed by atoms with Crippen LogP contribution < -0.4 is 0 Å². The van der Waals surface area contributed by atoms with Gasteiger partial charge in [0.1, 0.15) is 5.82 Å². The van der Waals surface area contributed by atoms with Gasteiger partial charge in [0.05, 0.1) is 22.2 Å². The third-order valence-electron chi connectivity index (χ3n) is 5.50. The summed E-state index contributed by atoms with van der Waals surface area (Å²) in [6.07, 6.45) is 9.57. The molecule has 10 nitrogen and oxygen atoms in total. The Bertz CT molecular complexity index is 1390. The molecule has 0 aliphatic heterocycles. The van der Waals surface area contributed by atoms with Gasteiger partial charge in [-0.25, -0.2) is 9.97 Å². The summed E-state index contributed by atoms with van der Waals surface area (Å²) in [5.74, 6) is 0.708. The normalized spacial score (nSPS) is 11.2. The summed E-state index contributed by atoms with van der Waals surface area (Å²) in [6.45, 7) is 0. The number of nitro groups is 2. The van der Waals surface area contributed by atoms with Gasteiger partial charge in [-0.05, 0) is 29.7 Å². The SMILES string of the molecule is O=[N+]([O-])c1ccc(-c2ncc[nH]2)cc1.O=[N+]([O-])c1ccc(CC(c2ccccc2)n2ccnc2)cc1. The zero-order valence-corrected chi connectivity index (χ0v) is 19.0. The van der Waals surface area contributed by atoms with Gasteiger partial charge in [-0.3, -0.25) is 20.2 Å². The van der Waals surface area contributed by atoms with Crippen molar-refractivity contribution in [2.45, 2.75) is 12.5 Å². The van der Waals surface area contributed by atoms with Gasteiger partial charge in [-0.1, -0.05) is 42.5 Å². The first kappa shape index (κ1) is 24.0. The number of H-pyrrole nitrogens is 1. The molecule has 0 bridgehead atoms. The molecule has 36 heavy (non-hydrogen) atoms. The molecule has 5 aromatic rings. The first-order valence-corrected chi connectivity index (χ1v) is 11.0. The van der Waals surface area contributed by atoms with E-state index in [1.807, 2.05) is 36.5 Å². The van der Waals surface area contributed by atoms with E-state index in [9.17, 15) is 20.2 Å². The van der Waals surface area contributed by atoms with E-state index in [0.717, 1.165) is 17.5 Å². The minimum atomic E-state index is -0.425. The summed E-state index contributed by atoms with van der Waals surface area (Å²) in [5.41, 5.74) is 3.26. The molecule has 0 amide bonds. The minimum absolute atomic E-state index is 0.0836. The molecule has 0 aliphatic rings. The number of hydrogen-bond acceptors (Lipinski definition) is 6. The predicted molar refractivity (Wildman–Crippen MR) is 134 cm³/mol. The van der Waals surface area contributed by atoms with Crippen LogP contribution in [-0.2, 0) is 6.42 Å². The highest BCUT2D eigenvalue weighted by Crippen LogP contribution is 2.24. The molecule has 0 saturated heterocycles. The van der Waals surface area contributed by atoms with Crippen LogP contribution in [0.4, 0.5) is 11.4 Å². The molecule has 1 N–H and O–H groups in total. The zero-order valence-electron chi connectivity index (χ0n) is 19.0. The van der Waals surface area contributed by atoms with E-state index < -0.39 is 4.92 Å². The Hall–Kier alpha value is -5.12. The zero-order chi connectivity index (χ0) is 25.3. The Labute approximate surface area is 206 Å². The number of aromatic nitrogens is 4. The lowest BCUT2D eigenvalue weighted by molar-refractivity contribution is -0.385. The highest BCUT2D eigenvalue weighted by atomic mass is 16.6. The monoisotopic (exact) mass is 482 g/mol. The van der Waals surface area contributed by atoms with Crippen molar-refractivity contribution in [2.75, 3.05) is 0 Å². The summed E-state index contributed by atoms with van der Waals surface area (Å²) in [4.78, 5) is 31.4. The summed E-state index contributed by atoms with van der Waals surface area (Å²) < 4.78 is 2.05. The fourth-order valence-electron chi connectivity index (χ4n) is 3.67. The number of benzene rings is 3. The smallest absolute Gasteiger partial charge is 0.269 e. The number of rotatable bonds is 7. The van der Waals surface area contributed by atoms with Crippen molar-refractivity contribution in [3.8, 4) is 11.4 Å². The lowest BCUT2D eigenvalue weighted by Gasteiger charge is -2.19. The average molecular weight is 483 g/mol. The average Bonchev–Trinajstić information content (AvgIpc) is 3.64. The van der Waals surface area contributed by atoms with Gasteiger partial charge in [0.2, 0.25) is 0 Å². The largest absolute Gasteiger partial charge is 0.345 e. The van der Waals surface area contributed by atoms with Gasteiger partial charge in [-0.15, -0.1) is 0 Å². The fourth-order valence-corrected chi connectivity index (χ4v) is 3.67. The topological polar surface area (TPSA) is 133 Å². The van der Waals surface area contributed by atoms with Crippen LogP contribution in [0.2, 0.25) is 0 Å². The van der Waals surface area contributed by atoms with Gasteiger partial charge in [0.25, 0.3) is 11.4 Å². The molecule has 0 aliphatic carbocycles. The molecule has 3 aromatic carbocycles. The predicted octanol–water partition coefficient (Wildman–Crippen LogP) is 5.61. The number of hydrogen-bond donors (Lipinski definition) is 1. The summed E-state index contributed by atoms with van der Waals surface area (Å²) in [7, 11) is 0. The lowest BCUT2D eigenvalue weighted by Crippen LogP contribution is -2.12. The third-order valence-corrected chi connectivity index (χ3v) is 5.50. The third kappa shape index (κ3) is 6.06. The molecule has 180 valence electrons. The van der Waals surface area contributed by atoms with Crippen LogP contribution in [0, 0.1) is 20.2 Å². The van der Waals surface area contributed by atoms with Crippen molar-refractivity contribution < 1.29 is 9.85 Å². The number of nitrogens with one attached hydrogen (secondary N) is 1. The van der Waals surface area contributed by atoms with Gasteiger partial charge in [0.15, 0.2) is 0 Å². The van der Waals surface area contributed by atoms with Crippen LogP contribution in [0.1, 0.15) is 17.2 Å². The quantitative estimate of drug-likeness (QED) is 0.237. The molecule has 1 unspecified atom stereocenters. The summed E-state index contributed by atoms with van der Waals surface area (Å²) >= 11 is 0. The number of nitro benzene ring substituents is 2. The molecule has 2 heterocycles. The highest BCUT2D eigenvalue weighted by molar-refractivity contribution is 5.56. The number of nitrogens with zero attached hydrogens (tertiary/aromatic N) is 5. The van der Waals surface area contributed by atoms with Crippen LogP contribution in [0.5, 0.6) is 0 Å². The van der Waals surface area contributed by atoms with Crippen LogP contribution in [0.25, 0.3) is 11.4 Å².